The first kappa shape index (κ1) is 10.7. The van der Waals surface area contributed by atoms with Gasteiger partial charge in [0.05, 0.1) is 6.33 Å². The van der Waals surface area contributed by atoms with E-state index in [2.05, 4.69) is 15.3 Å². The van der Waals surface area contributed by atoms with Crippen molar-refractivity contribution >= 4 is 17.2 Å². The predicted octanol–water partition coefficient (Wildman–Crippen LogP) is 1.18. The number of nitrogens with zero attached hydrogens (tertiary/aromatic N) is 3. The van der Waals surface area contributed by atoms with E-state index in [1.807, 2.05) is 25.3 Å². The van der Waals surface area contributed by atoms with Gasteiger partial charge in [-0.15, -0.1) is 0 Å². The van der Waals surface area contributed by atoms with Crippen LogP contribution in [0.1, 0.15) is 20.8 Å². The molecule has 16 heavy (non-hydrogen) atoms. The maximum Gasteiger partial charge on any atom is 0.368 e. The minimum atomic E-state index is -0.475. The van der Waals surface area contributed by atoms with Crippen LogP contribution in [0, 0.1) is 0 Å². The Kier molecular flexibility index (Phi) is 2.22. The standard InChI is InChI=1S/C10H14N4O2/c1-10(2,3)14-5-12-6-7(14)13-9(11-4)16-8(6)15/h5H,1-4H3,(H,11,13). The van der Waals surface area contributed by atoms with E-state index < -0.39 is 5.63 Å². The lowest BCUT2D eigenvalue weighted by atomic mass is 10.1. The lowest BCUT2D eigenvalue weighted by Gasteiger charge is -2.20. The van der Waals surface area contributed by atoms with E-state index in [1.54, 1.807) is 13.4 Å². The molecule has 0 aliphatic heterocycles. The zero-order chi connectivity index (χ0) is 11.9. The molecule has 0 radical (unpaired) electrons. The van der Waals surface area contributed by atoms with Crippen molar-refractivity contribution in [2.24, 2.45) is 0 Å². The van der Waals surface area contributed by atoms with Gasteiger partial charge in [-0.1, -0.05) is 0 Å². The molecule has 0 aromatic carbocycles. The summed E-state index contributed by atoms with van der Waals surface area (Å²) in [5.74, 6) is 0. The molecular weight excluding hydrogens is 208 g/mol. The Morgan fingerprint density at radius 2 is 2.12 bits per heavy atom. The second-order valence-electron chi connectivity index (χ2n) is 4.51. The van der Waals surface area contributed by atoms with Gasteiger partial charge < -0.3 is 14.3 Å². The van der Waals surface area contributed by atoms with Gasteiger partial charge in [-0.2, -0.15) is 4.98 Å². The van der Waals surface area contributed by atoms with Crippen LogP contribution in [0.5, 0.6) is 0 Å². The zero-order valence-electron chi connectivity index (χ0n) is 9.74. The van der Waals surface area contributed by atoms with Gasteiger partial charge in [-0.25, -0.2) is 9.78 Å². The van der Waals surface area contributed by atoms with Gasteiger partial charge in [0.2, 0.25) is 0 Å². The summed E-state index contributed by atoms with van der Waals surface area (Å²) in [7, 11) is 1.65. The summed E-state index contributed by atoms with van der Waals surface area (Å²) < 4.78 is 6.76. The first-order valence-electron chi connectivity index (χ1n) is 5.00. The molecule has 86 valence electrons. The molecule has 0 spiro atoms. The molecule has 0 unspecified atom stereocenters. The summed E-state index contributed by atoms with van der Waals surface area (Å²) in [4.78, 5) is 19.8. The fourth-order valence-electron chi connectivity index (χ4n) is 1.45. The van der Waals surface area contributed by atoms with E-state index >= 15 is 0 Å². The number of fused-ring (bicyclic) bond motifs is 1. The topological polar surface area (TPSA) is 73.0 Å². The van der Waals surface area contributed by atoms with Crippen LogP contribution >= 0.6 is 0 Å². The Balaban J connectivity index is 2.81. The van der Waals surface area contributed by atoms with E-state index in [1.165, 1.54) is 0 Å². The van der Waals surface area contributed by atoms with Gasteiger partial charge in [0, 0.05) is 12.6 Å². The second-order valence-corrected chi connectivity index (χ2v) is 4.51. The van der Waals surface area contributed by atoms with Crippen LogP contribution in [0.25, 0.3) is 11.2 Å². The number of aromatic nitrogens is 3. The Labute approximate surface area is 92.3 Å². The van der Waals surface area contributed by atoms with Crippen molar-refractivity contribution in [3.63, 3.8) is 0 Å². The monoisotopic (exact) mass is 222 g/mol. The first-order chi connectivity index (χ1) is 7.43. The van der Waals surface area contributed by atoms with E-state index in [0.717, 1.165) is 0 Å². The van der Waals surface area contributed by atoms with Crippen molar-refractivity contribution in [2.45, 2.75) is 26.3 Å². The zero-order valence-corrected chi connectivity index (χ0v) is 9.74. The van der Waals surface area contributed by atoms with Gasteiger partial charge >= 0.3 is 5.63 Å². The van der Waals surface area contributed by atoms with E-state index in [-0.39, 0.29) is 17.1 Å². The molecule has 6 nitrogen and oxygen atoms in total. The largest absolute Gasteiger partial charge is 0.387 e. The van der Waals surface area contributed by atoms with Gasteiger partial charge in [0.1, 0.15) is 0 Å². The normalized spacial score (nSPS) is 12.0. The van der Waals surface area contributed by atoms with Crippen molar-refractivity contribution in [1.82, 2.24) is 14.5 Å². The number of imidazole rings is 1. The summed E-state index contributed by atoms with van der Waals surface area (Å²) in [6.45, 7) is 6.05. The number of nitrogens with one attached hydrogen (secondary N) is 1. The number of hydrogen-bond donors (Lipinski definition) is 1. The highest BCUT2D eigenvalue weighted by atomic mass is 16.4. The number of anilines is 1. The Morgan fingerprint density at radius 1 is 1.44 bits per heavy atom. The van der Waals surface area contributed by atoms with Gasteiger partial charge in [0.15, 0.2) is 11.2 Å². The highest BCUT2D eigenvalue weighted by molar-refractivity contribution is 5.70. The predicted molar refractivity (Wildman–Crippen MR) is 60.6 cm³/mol. The molecule has 0 saturated carbocycles. The van der Waals surface area contributed by atoms with Crippen LogP contribution in [-0.2, 0) is 5.54 Å². The third-order valence-corrected chi connectivity index (χ3v) is 2.27. The molecule has 0 saturated heterocycles. The van der Waals surface area contributed by atoms with Crippen LogP contribution in [0.2, 0.25) is 0 Å². The van der Waals surface area contributed by atoms with E-state index in [4.69, 9.17) is 4.42 Å². The summed E-state index contributed by atoms with van der Waals surface area (Å²) in [5, 5.41) is 2.71. The minimum Gasteiger partial charge on any atom is -0.387 e. The lowest BCUT2D eigenvalue weighted by Crippen LogP contribution is -2.21. The maximum absolute atomic E-state index is 11.6. The summed E-state index contributed by atoms with van der Waals surface area (Å²) >= 11 is 0. The van der Waals surface area contributed by atoms with Gasteiger partial charge in [-0.3, -0.25) is 0 Å². The van der Waals surface area contributed by atoms with Crippen LogP contribution < -0.4 is 10.9 Å². The molecule has 2 heterocycles. The molecule has 0 bridgehead atoms. The number of rotatable bonds is 1. The summed E-state index contributed by atoms with van der Waals surface area (Å²) in [6.07, 6.45) is 1.61. The van der Waals surface area contributed by atoms with Gasteiger partial charge in [0.25, 0.3) is 6.01 Å². The van der Waals surface area contributed by atoms with Crippen LogP contribution in [-0.4, -0.2) is 21.6 Å². The van der Waals surface area contributed by atoms with E-state index in [9.17, 15) is 4.79 Å². The van der Waals surface area contributed by atoms with Crippen molar-refractivity contribution in [2.75, 3.05) is 12.4 Å². The molecule has 0 amide bonds. The minimum absolute atomic E-state index is 0.180. The smallest absolute Gasteiger partial charge is 0.368 e. The average Bonchev–Trinajstić information content (AvgIpc) is 2.60. The van der Waals surface area contributed by atoms with Crippen LogP contribution in [0.4, 0.5) is 6.01 Å². The average molecular weight is 222 g/mol. The highest BCUT2D eigenvalue weighted by Gasteiger charge is 2.19. The Bertz CT molecular complexity index is 576. The molecule has 2 aromatic heterocycles. The molecule has 0 aliphatic carbocycles. The summed E-state index contributed by atoms with van der Waals surface area (Å²) in [5.41, 5.74) is 0.139. The van der Waals surface area contributed by atoms with Gasteiger partial charge in [-0.05, 0) is 20.8 Å². The van der Waals surface area contributed by atoms with Crippen molar-refractivity contribution < 1.29 is 4.42 Å². The fraction of sp³-hybridized carbons (Fsp3) is 0.500. The molecule has 2 aromatic rings. The third-order valence-electron chi connectivity index (χ3n) is 2.27. The maximum atomic E-state index is 11.6. The van der Waals surface area contributed by atoms with Crippen molar-refractivity contribution in [1.29, 1.82) is 0 Å². The van der Waals surface area contributed by atoms with Crippen LogP contribution in [0.15, 0.2) is 15.5 Å². The Morgan fingerprint density at radius 3 is 2.69 bits per heavy atom. The van der Waals surface area contributed by atoms with Crippen molar-refractivity contribution in [3.8, 4) is 0 Å². The summed E-state index contributed by atoms with van der Waals surface area (Å²) in [6, 6.07) is 0.198. The quantitative estimate of drug-likeness (QED) is 0.784. The molecular formula is C10H14N4O2. The molecule has 0 atom stereocenters. The molecule has 6 heteroatoms. The van der Waals surface area contributed by atoms with E-state index in [0.29, 0.717) is 5.65 Å². The highest BCUT2D eigenvalue weighted by Crippen LogP contribution is 2.19. The second kappa shape index (κ2) is 3.33. The van der Waals surface area contributed by atoms with Crippen LogP contribution in [0.3, 0.4) is 0 Å². The molecule has 0 aliphatic rings. The molecule has 1 N–H and O–H groups in total. The molecule has 2 rings (SSSR count). The fourth-order valence-corrected chi connectivity index (χ4v) is 1.45. The van der Waals surface area contributed by atoms with Crippen molar-refractivity contribution in [3.05, 3.63) is 16.7 Å². The first-order valence-corrected chi connectivity index (χ1v) is 5.00. The SMILES string of the molecule is CNc1nc2c(ncn2C(C)(C)C)c(=O)o1. The lowest BCUT2D eigenvalue weighted by molar-refractivity contribution is 0.405. The molecule has 0 fully saturated rings. The Hall–Kier alpha value is -1.85. The number of hydrogen-bond acceptors (Lipinski definition) is 5. The third kappa shape index (κ3) is 1.56.